The number of ether oxygens (including phenoxy) is 1. The molecular formula is C9H8N2O2. The SMILES string of the molecule is COc1ccc(C(N)=O)c(C#N)c1. The smallest absolute Gasteiger partial charge is 0.250 e. The fraction of sp³-hybridized carbons (Fsp3) is 0.111. The quantitative estimate of drug-likeness (QED) is 0.719. The number of rotatable bonds is 2. The Bertz CT molecular complexity index is 380. The average Bonchev–Trinajstić information content (AvgIpc) is 2.16. The number of amides is 1. The Morgan fingerprint density at radius 1 is 1.62 bits per heavy atom. The number of nitrogens with zero attached hydrogens (tertiary/aromatic N) is 1. The first-order valence-electron chi connectivity index (χ1n) is 3.57. The number of hydrogen-bond acceptors (Lipinski definition) is 3. The predicted octanol–water partition coefficient (Wildman–Crippen LogP) is 0.666. The molecule has 0 spiro atoms. The molecule has 1 aromatic rings. The number of nitrogens with two attached hydrogens (primary N) is 1. The molecule has 0 saturated heterocycles. The number of methoxy groups -OCH3 is 1. The molecule has 0 radical (unpaired) electrons. The van der Waals surface area contributed by atoms with Crippen LogP contribution in [0.3, 0.4) is 0 Å². The Kier molecular flexibility index (Phi) is 2.50. The van der Waals surface area contributed by atoms with Crippen LogP contribution in [0.2, 0.25) is 0 Å². The Balaban J connectivity index is 3.26. The number of nitriles is 1. The van der Waals surface area contributed by atoms with Crippen LogP contribution in [0.1, 0.15) is 15.9 Å². The van der Waals surface area contributed by atoms with E-state index in [4.69, 9.17) is 15.7 Å². The highest BCUT2D eigenvalue weighted by atomic mass is 16.5. The summed E-state index contributed by atoms with van der Waals surface area (Å²) in [5.74, 6) is -0.0826. The van der Waals surface area contributed by atoms with Crippen LogP contribution in [-0.4, -0.2) is 13.0 Å². The second-order valence-corrected chi connectivity index (χ2v) is 2.39. The first-order valence-corrected chi connectivity index (χ1v) is 3.57. The van der Waals surface area contributed by atoms with Gasteiger partial charge in [-0.3, -0.25) is 4.79 Å². The van der Waals surface area contributed by atoms with Gasteiger partial charge in [0.2, 0.25) is 5.91 Å². The molecule has 0 saturated carbocycles. The summed E-state index contributed by atoms with van der Waals surface area (Å²) >= 11 is 0. The summed E-state index contributed by atoms with van der Waals surface area (Å²) in [6.45, 7) is 0. The molecule has 0 atom stereocenters. The number of carbonyl (C=O) groups is 1. The van der Waals surface area contributed by atoms with Gasteiger partial charge in [-0.25, -0.2) is 0 Å². The van der Waals surface area contributed by atoms with Gasteiger partial charge in [0, 0.05) is 0 Å². The van der Waals surface area contributed by atoms with E-state index in [1.807, 2.05) is 6.07 Å². The van der Waals surface area contributed by atoms with Crippen molar-refractivity contribution in [2.75, 3.05) is 7.11 Å². The van der Waals surface area contributed by atoms with E-state index in [0.29, 0.717) is 5.75 Å². The topological polar surface area (TPSA) is 76.1 Å². The van der Waals surface area contributed by atoms with Gasteiger partial charge >= 0.3 is 0 Å². The van der Waals surface area contributed by atoms with E-state index in [2.05, 4.69) is 0 Å². The minimum atomic E-state index is -0.612. The zero-order chi connectivity index (χ0) is 9.84. The van der Waals surface area contributed by atoms with Crippen molar-refractivity contribution in [2.45, 2.75) is 0 Å². The first kappa shape index (κ1) is 9.07. The summed E-state index contributed by atoms with van der Waals surface area (Å²) in [6.07, 6.45) is 0. The van der Waals surface area contributed by atoms with Crippen LogP contribution >= 0.6 is 0 Å². The van der Waals surface area contributed by atoms with Gasteiger partial charge in [0.15, 0.2) is 0 Å². The van der Waals surface area contributed by atoms with Gasteiger partial charge in [0.05, 0.1) is 18.2 Å². The lowest BCUT2D eigenvalue weighted by molar-refractivity contribution is 0.1000. The molecule has 0 unspecified atom stereocenters. The lowest BCUT2D eigenvalue weighted by Gasteiger charge is -2.02. The van der Waals surface area contributed by atoms with Crippen LogP contribution < -0.4 is 10.5 Å². The standard InChI is InChI=1S/C9H8N2O2/c1-13-7-2-3-8(9(11)12)6(4-7)5-10/h2-4H,1H3,(H2,11,12). The van der Waals surface area contributed by atoms with Crippen molar-refractivity contribution in [2.24, 2.45) is 5.73 Å². The van der Waals surface area contributed by atoms with Gasteiger partial charge in [-0.15, -0.1) is 0 Å². The van der Waals surface area contributed by atoms with E-state index in [9.17, 15) is 4.79 Å². The third-order valence-electron chi connectivity index (χ3n) is 1.61. The highest BCUT2D eigenvalue weighted by Crippen LogP contribution is 2.16. The normalized spacial score (nSPS) is 8.92. The summed E-state index contributed by atoms with van der Waals surface area (Å²) in [5, 5.41) is 8.67. The highest BCUT2D eigenvalue weighted by Gasteiger charge is 2.08. The summed E-state index contributed by atoms with van der Waals surface area (Å²) in [4.78, 5) is 10.8. The number of carbonyl (C=O) groups excluding carboxylic acids is 1. The monoisotopic (exact) mass is 176 g/mol. The van der Waals surface area contributed by atoms with Crippen LogP contribution in [-0.2, 0) is 0 Å². The van der Waals surface area contributed by atoms with Crippen molar-refractivity contribution in [1.82, 2.24) is 0 Å². The molecule has 2 N–H and O–H groups in total. The average molecular weight is 176 g/mol. The Morgan fingerprint density at radius 3 is 2.77 bits per heavy atom. The van der Waals surface area contributed by atoms with Crippen LogP contribution in [0.15, 0.2) is 18.2 Å². The zero-order valence-electron chi connectivity index (χ0n) is 7.07. The minimum absolute atomic E-state index is 0.211. The van der Waals surface area contributed by atoms with Crippen molar-refractivity contribution in [1.29, 1.82) is 5.26 Å². The molecule has 0 fully saturated rings. The largest absolute Gasteiger partial charge is 0.497 e. The molecule has 1 rings (SSSR count). The molecule has 0 aliphatic rings. The van der Waals surface area contributed by atoms with Crippen molar-refractivity contribution in [3.8, 4) is 11.8 Å². The highest BCUT2D eigenvalue weighted by molar-refractivity contribution is 5.95. The van der Waals surface area contributed by atoms with Crippen LogP contribution in [0.4, 0.5) is 0 Å². The minimum Gasteiger partial charge on any atom is -0.497 e. The lowest BCUT2D eigenvalue weighted by atomic mass is 10.1. The molecule has 0 heterocycles. The first-order chi connectivity index (χ1) is 6.19. The van der Waals surface area contributed by atoms with Crippen LogP contribution in [0, 0.1) is 11.3 Å². The molecule has 1 amide bonds. The van der Waals surface area contributed by atoms with Gasteiger partial charge in [-0.05, 0) is 18.2 Å². The van der Waals surface area contributed by atoms with Gasteiger partial charge in [-0.2, -0.15) is 5.26 Å². The predicted molar refractivity (Wildman–Crippen MR) is 46.2 cm³/mol. The fourth-order valence-electron chi connectivity index (χ4n) is 0.958. The maximum Gasteiger partial charge on any atom is 0.250 e. The summed E-state index contributed by atoms with van der Waals surface area (Å²) in [6, 6.07) is 6.40. The molecule has 4 nitrogen and oxygen atoms in total. The Hall–Kier alpha value is -2.02. The second-order valence-electron chi connectivity index (χ2n) is 2.39. The van der Waals surface area contributed by atoms with E-state index < -0.39 is 5.91 Å². The summed E-state index contributed by atoms with van der Waals surface area (Å²) in [5.41, 5.74) is 5.49. The second kappa shape index (κ2) is 3.59. The maximum absolute atomic E-state index is 10.8. The molecule has 13 heavy (non-hydrogen) atoms. The van der Waals surface area contributed by atoms with E-state index in [-0.39, 0.29) is 11.1 Å². The van der Waals surface area contributed by atoms with E-state index in [0.717, 1.165) is 0 Å². The third kappa shape index (κ3) is 1.76. The fourth-order valence-corrected chi connectivity index (χ4v) is 0.958. The number of primary amides is 1. The Morgan fingerprint density at radius 2 is 2.31 bits per heavy atom. The summed E-state index contributed by atoms with van der Waals surface area (Å²) < 4.78 is 4.89. The van der Waals surface area contributed by atoms with Crippen molar-refractivity contribution < 1.29 is 9.53 Å². The van der Waals surface area contributed by atoms with E-state index in [1.54, 1.807) is 6.07 Å². The van der Waals surface area contributed by atoms with Crippen molar-refractivity contribution in [3.63, 3.8) is 0 Å². The van der Waals surface area contributed by atoms with E-state index >= 15 is 0 Å². The van der Waals surface area contributed by atoms with Crippen molar-refractivity contribution >= 4 is 5.91 Å². The zero-order valence-corrected chi connectivity index (χ0v) is 7.07. The molecule has 0 aromatic heterocycles. The molecule has 1 aromatic carbocycles. The summed E-state index contributed by atoms with van der Waals surface area (Å²) in [7, 11) is 1.49. The third-order valence-corrected chi connectivity index (χ3v) is 1.61. The van der Waals surface area contributed by atoms with Crippen LogP contribution in [0.25, 0.3) is 0 Å². The van der Waals surface area contributed by atoms with Gasteiger partial charge in [-0.1, -0.05) is 0 Å². The molecule has 0 aliphatic carbocycles. The van der Waals surface area contributed by atoms with Gasteiger partial charge in [0.25, 0.3) is 0 Å². The van der Waals surface area contributed by atoms with E-state index in [1.165, 1.54) is 19.2 Å². The van der Waals surface area contributed by atoms with Gasteiger partial charge in [0.1, 0.15) is 11.8 Å². The van der Waals surface area contributed by atoms with Gasteiger partial charge < -0.3 is 10.5 Å². The van der Waals surface area contributed by atoms with Crippen LogP contribution in [0.5, 0.6) is 5.75 Å². The number of benzene rings is 1. The molecule has 0 aliphatic heterocycles. The maximum atomic E-state index is 10.8. The van der Waals surface area contributed by atoms with Crippen molar-refractivity contribution in [3.05, 3.63) is 29.3 Å². The number of hydrogen-bond donors (Lipinski definition) is 1. The molecular weight excluding hydrogens is 168 g/mol. The Labute approximate surface area is 75.5 Å². The molecule has 66 valence electrons. The molecule has 0 bridgehead atoms. The molecule has 4 heteroatoms. The lowest BCUT2D eigenvalue weighted by Crippen LogP contribution is -2.12.